The topological polar surface area (TPSA) is 77.8 Å². The SMILES string of the molecule is C[C@@H](O)C1C(=O)N2C(C(=O)O)=C(S)C[C@H]12. The third-order valence-electron chi connectivity index (χ3n) is 2.91. The lowest BCUT2D eigenvalue weighted by Crippen LogP contribution is -2.61. The van der Waals surface area contributed by atoms with Crippen LogP contribution in [0.15, 0.2) is 10.6 Å². The van der Waals surface area contributed by atoms with Crippen LogP contribution in [-0.2, 0) is 9.59 Å². The maximum absolute atomic E-state index is 11.6. The number of amides is 1. The fourth-order valence-corrected chi connectivity index (χ4v) is 2.64. The van der Waals surface area contributed by atoms with Gasteiger partial charge in [-0.15, -0.1) is 12.6 Å². The van der Waals surface area contributed by atoms with Gasteiger partial charge in [0.05, 0.1) is 18.1 Å². The van der Waals surface area contributed by atoms with Gasteiger partial charge in [-0.25, -0.2) is 4.79 Å². The normalized spacial score (nSPS) is 31.4. The zero-order chi connectivity index (χ0) is 11.3. The van der Waals surface area contributed by atoms with E-state index in [-0.39, 0.29) is 17.6 Å². The van der Waals surface area contributed by atoms with Crippen LogP contribution in [0.5, 0.6) is 0 Å². The van der Waals surface area contributed by atoms with Gasteiger partial charge in [0.15, 0.2) is 0 Å². The first-order valence-electron chi connectivity index (χ1n) is 4.61. The molecule has 5 nitrogen and oxygen atoms in total. The van der Waals surface area contributed by atoms with E-state index in [1.54, 1.807) is 0 Å². The van der Waals surface area contributed by atoms with Crippen LogP contribution in [-0.4, -0.2) is 39.1 Å². The van der Waals surface area contributed by atoms with Gasteiger partial charge in [0, 0.05) is 11.3 Å². The molecule has 2 rings (SSSR count). The van der Waals surface area contributed by atoms with Crippen molar-refractivity contribution in [3.05, 3.63) is 10.6 Å². The Morgan fingerprint density at radius 3 is 2.73 bits per heavy atom. The first-order chi connectivity index (χ1) is 6.95. The molecule has 6 heteroatoms. The molecule has 1 saturated heterocycles. The second kappa shape index (κ2) is 3.24. The average molecular weight is 229 g/mol. The Labute approximate surface area is 91.8 Å². The Morgan fingerprint density at radius 2 is 2.27 bits per heavy atom. The molecule has 3 atom stereocenters. The molecule has 0 aromatic rings. The molecule has 0 aromatic carbocycles. The number of rotatable bonds is 2. The van der Waals surface area contributed by atoms with Crippen LogP contribution in [0.4, 0.5) is 0 Å². The van der Waals surface area contributed by atoms with Gasteiger partial charge in [0.25, 0.3) is 0 Å². The molecule has 1 amide bonds. The number of aliphatic carboxylic acids is 1. The Hall–Kier alpha value is -1.01. The van der Waals surface area contributed by atoms with Crippen LogP contribution >= 0.6 is 12.6 Å². The van der Waals surface area contributed by atoms with E-state index < -0.39 is 18.0 Å². The van der Waals surface area contributed by atoms with Crippen LogP contribution in [0.1, 0.15) is 13.3 Å². The van der Waals surface area contributed by atoms with E-state index >= 15 is 0 Å². The summed E-state index contributed by atoms with van der Waals surface area (Å²) in [6.07, 6.45) is -0.320. The molecular formula is C9H11NO4S. The summed E-state index contributed by atoms with van der Waals surface area (Å²) in [6, 6.07) is -0.226. The van der Waals surface area contributed by atoms with Crippen LogP contribution in [0.25, 0.3) is 0 Å². The van der Waals surface area contributed by atoms with Crippen molar-refractivity contribution in [1.82, 2.24) is 4.90 Å². The van der Waals surface area contributed by atoms with Crippen LogP contribution in [0.3, 0.4) is 0 Å². The Bertz CT molecular complexity index is 376. The number of aliphatic hydroxyl groups is 1. The van der Waals surface area contributed by atoms with E-state index in [9.17, 15) is 14.7 Å². The number of carboxylic acid groups (broad SMARTS) is 1. The maximum atomic E-state index is 11.6. The molecule has 1 unspecified atom stereocenters. The van der Waals surface area contributed by atoms with Gasteiger partial charge >= 0.3 is 5.97 Å². The van der Waals surface area contributed by atoms with Crippen molar-refractivity contribution in [3.8, 4) is 0 Å². The second-order valence-corrected chi connectivity index (χ2v) is 4.39. The fraction of sp³-hybridized carbons (Fsp3) is 0.556. The molecule has 0 spiro atoms. The Morgan fingerprint density at radius 1 is 1.67 bits per heavy atom. The summed E-state index contributed by atoms with van der Waals surface area (Å²) in [5.41, 5.74) is -0.0368. The summed E-state index contributed by atoms with van der Waals surface area (Å²) in [7, 11) is 0. The van der Waals surface area contributed by atoms with Crippen LogP contribution in [0.2, 0.25) is 0 Å². The standard InChI is InChI=1S/C9H11NO4S/c1-3(11)6-4-2-5(15)7(9(13)14)10(4)8(6)12/h3-4,6,11,15H,2H2,1H3,(H,13,14)/t3-,4-,6?/m1/s1. The van der Waals surface area contributed by atoms with Gasteiger partial charge in [0.1, 0.15) is 5.70 Å². The highest BCUT2D eigenvalue weighted by Crippen LogP contribution is 2.44. The predicted octanol–water partition coefficient (Wildman–Crippen LogP) is -0.176. The van der Waals surface area contributed by atoms with E-state index in [0.717, 1.165) is 0 Å². The highest BCUT2D eigenvalue weighted by atomic mass is 32.1. The van der Waals surface area contributed by atoms with Gasteiger partial charge in [-0.3, -0.25) is 4.79 Å². The van der Waals surface area contributed by atoms with E-state index in [4.69, 9.17) is 5.11 Å². The van der Waals surface area contributed by atoms with Crippen molar-refractivity contribution >= 4 is 24.5 Å². The fourth-order valence-electron chi connectivity index (χ4n) is 2.25. The monoisotopic (exact) mass is 229 g/mol. The van der Waals surface area contributed by atoms with E-state index in [0.29, 0.717) is 11.3 Å². The van der Waals surface area contributed by atoms with Gasteiger partial charge in [-0.1, -0.05) is 0 Å². The molecular weight excluding hydrogens is 218 g/mol. The molecule has 2 heterocycles. The van der Waals surface area contributed by atoms with Crippen molar-refractivity contribution in [2.24, 2.45) is 5.92 Å². The molecule has 0 saturated carbocycles. The molecule has 2 N–H and O–H groups in total. The van der Waals surface area contributed by atoms with Crippen LogP contribution in [0, 0.1) is 5.92 Å². The molecule has 0 aliphatic carbocycles. The molecule has 2 aliphatic heterocycles. The zero-order valence-corrected chi connectivity index (χ0v) is 8.94. The Balaban J connectivity index is 2.27. The van der Waals surface area contributed by atoms with Gasteiger partial charge in [-0.05, 0) is 6.92 Å². The first kappa shape index (κ1) is 10.5. The number of carboxylic acids is 1. The van der Waals surface area contributed by atoms with Gasteiger partial charge < -0.3 is 15.1 Å². The number of nitrogens with zero attached hydrogens (tertiary/aromatic N) is 1. The van der Waals surface area contributed by atoms with Crippen molar-refractivity contribution in [1.29, 1.82) is 0 Å². The minimum absolute atomic E-state index is 0.0368. The van der Waals surface area contributed by atoms with Gasteiger partial charge in [0.2, 0.25) is 5.91 Å². The van der Waals surface area contributed by atoms with Gasteiger partial charge in [-0.2, -0.15) is 0 Å². The summed E-state index contributed by atoms with van der Waals surface area (Å²) < 4.78 is 0. The predicted molar refractivity (Wildman–Crippen MR) is 54.1 cm³/mol. The summed E-state index contributed by atoms with van der Waals surface area (Å²) in [6.45, 7) is 1.54. The maximum Gasteiger partial charge on any atom is 0.353 e. The average Bonchev–Trinajstić information content (AvgIpc) is 2.38. The molecule has 15 heavy (non-hydrogen) atoms. The van der Waals surface area contributed by atoms with Crippen LogP contribution < -0.4 is 0 Å². The number of hydrogen-bond donors (Lipinski definition) is 3. The number of β-lactam (4-membered cyclic amide) rings is 1. The highest BCUT2D eigenvalue weighted by Gasteiger charge is 2.56. The quantitative estimate of drug-likeness (QED) is 0.453. The minimum atomic E-state index is -1.14. The van der Waals surface area contributed by atoms with Crippen molar-refractivity contribution < 1.29 is 19.8 Å². The zero-order valence-electron chi connectivity index (χ0n) is 8.04. The number of carbonyl (C=O) groups is 2. The smallest absolute Gasteiger partial charge is 0.353 e. The van der Waals surface area contributed by atoms with E-state index in [1.807, 2.05) is 0 Å². The number of hydrogen-bond acceptors (Lipinski definition) is 4. The highest BCUT2D eigenvalue weighted by molar-refractivity contribution is 7.84. The lowest BCUT2D eigenvalue weighted by atomic mass is 9.83. The Kier molecular flexibility index (Phi) is 2.27. The third kappa shape index (κ3) is 1.28. The largest absolute Gasteiger partial charge is 0.477 e. The summed E-state index contributed by atoms with van der Waals surface area (Å²) >= 11 is 4.06. The third-order valence-corrected chi connectivity index (χ3v) is 3.30. The molecule has 0 bridgehead atoms. The second-order valence-electron chi connectivity index (χ2n) is 3.85. The van der Waals surface area contributed by atoms with Crippen molar-refractivity contribution in [2.75, 3.05) is 0 Å². The first-order valence-corrected chi connectivity index (χ1v) is 5.06. The molecule has 82 valence electrons. The number of fused-ring (bicyclic) bond motifs is 1. The lowest BCUT2D eigenvalue weighted by molar-refractivity contribution is -0.161. The summed E-state index contributed by atoms with van der Waals surface area (Å²) in [5.74, 6) is -1.94. The number of aliphatic hydroxyl groups excluding tert-OH is 1. The lowest BCUT2D eigenvalue weighted by Gasteiger charge is -2.44. The van der Waals surface area contributed by atoms with Crippen molar-refractivity contribution in [3.63, 3.8) is 0 Å². The number of thiol groups is 1. The van der Waals surface area contributed by atoms with E-state index in [2.05, 4.69) is 12.6 Å². The summed E-state index contributed by atoms with van der Waals surface area (Å²) in [4.78, 5) is 24.1. The number of carbonyl (C=O) groups excluding carboxylic acids is 1. The molecule has 1 fully saturated rings. The molecule has 0 aromatic heterocycles. The molecule has 0 radical (unpaired) electrons. The van der Waals surface area contributed by atoms with E-state index in [1.165, 1.54) is 11.8 Å². The van der Waals surface area contributed by atoms with Crippen molar-refractivity contribution in [2.45, 2.75) is 25.5 Å². The minimum Gasteiger partial charge on any atom is -0.477 e. The summed E-state index contributed by atoms with van der Waals surface area (Å²) in [5, 5.41) is 18.2. The molecule has 2 aliphatic rings.